The van der Waals surface area contributed by atoms with Gasteiger partial charge < -0.3 is 0 Å². The first-order chi connectivity index (χ1) is 8.06. The summed E-state index contributed by atoms with van der Waals surface area (Å²) in [7, 11) is 0. The zero-order valence-corrected chi connectivity index (χ0v) is 11.1. The van der Waals surface area contributed by atoms with Crippen molar-refractivity contribution in [3.8, 4) is 5.69 Å². The first-order valence-electron chi connectivity index (χ1n) is 5.31. The molecule has 0 aliphatic heterocycles. The lowest BCUT2D eigenvalue weighted by Crippen LogP contribution is -2.17. The molecule has 90 valence electrons. The number of aromatic amines is 1. The number of H-pyrrole nitrogens is 1. The molecule has 0 atom stereocenters. The fourth-order valence-corrected chi connectivity index (χ4v) is 2.21. The Labute approximate surface area is 109 Å². The molecular weight excluding hydrogens is 259 g/mol. The third-order valence-corrected chi connectivity index (χ3v) is 3.53. The highest BCUT2D eigenvalue weighted by atomic mass is 35.5. The maximum Gasteiger partial charge on any atom is 0.274 e. The number of hydrogen-bond donors (Lipinski definition) is 1. The van der Waals surface area contributed by atoms with Crippen molar-refractivity contribution < 1.29 is 0 Å². The number of rotatable bonds is 2. The second-order valence-electron chi connectivity index (χ2n) is 3.78. The van der Waals surface area contributed by atoms with E-state index in [1.165, 1.54) is 4.68 Å². The normalized spacial score (nSPS) is 10.8. The second kappa shape index (κ2) is 4.59. The fourth-order valence-electron chi connectivity index (χ4n) is 1.83. The topological polar surface area (TPSA) is 37.8 Å². The van der Waals surface area contributed by atoms with Gasteiger partial charge in [-0.25, -0.2) is 4.68 Å². The number of nitrogens with zero attached hydrogens (tertiary/aromatic N) is 1. The van der Waals surface area contributed by atoms with Crippen molar-refractivity contribution in [1.29, 1.82) is 0 Å². The predicted molar refractivity (Wildman–Crippen MR) is 70.5 cm³/mol. The first kappa shape index (κ1) is 12.3. The van der Waals surface area contributed by atoms with Gasteiger partial charge in [0, 0.05) is 11.3 Å². The Morgan fingerprint density at radius 2 is 2.06 bits per heavy atom. The number of halogens is 2. The van der Waals surface area contributed by atoms with E-state index in [4.69, 9.17) is 23.2 Å². The van der Waals surface area contributed by atoms with Crippen LogP contribution >= 0.6 is 23.2 Å². The number of nitrogens with one attached hydrogen (secondary N) is 1. The standard InChI is InChI=1S/C12H12Cl2N2O/c1-3-8-7(2)15-16(12(8)17)10-6-4-5-9(13)11(10)14/h4-6,15H,3H2,1-2H3. The monoisotopic (exact) mass is 270 g/mol. The molecule has 0 unspecified atom stereocenters. The summed E-state index contributed by atoms with van der Waals surface area (Å²) < 4.78 is 1.43. The summed E-state index contributed by atoms with van der Waals surface area (Å²) in [4.78, 5) is 12.1. The van der Waals surface area contributed by atoms with Crippen LogP contribution in [0.2, 0.25) is 10.0 Å². The van der Waals surface area contributed by atoms with E-state index in [0.29, 0.717) is 22.2 Å². The van der Waals surface area contributed by atoms with E-state index in [0.717, 1.165) is 11.3 Å². The van der Waals surface area contributed by atoms with Crippen LogP contribution in [0.25, 0.3) is 5.69 Å². The zero-order valence-electron chi connectivity index (χ0n) is 9.55. The molecule has 2 aromatic rings. The molecule has 0 fully saturated rings. The molecule has 1 heterocycles. The summed E-state index contributed by atoms with van der Waals surface area (Å²) in [6.45, 7) is 3.82. The van der Waals surface area contributed by atoms with E-state index in [1.54, 1.807) is 18.2 Å². The Morgan fingerprint density at radius 1 is 1.35 bits per heavy atom. The Balaban J connectivity index is 2.70. The van der Waals surface area contributed by atoms with Gasteiger partial charge in [0.05, 0.1) is 15.7 Å². The molecule has 1 aromatic carbocycles. The van der Waals surface area contributed by atoms with Gasteiger partial charge in [-0.2, -0.15) is 0 Å². The van der Waals surface area contributed by atoms with Gasteiger partial charge in [-0.1, -0.05) is 36.2 Å². The van der Waals surface area contributed by atoms with Crippen LogP contribution in [0.1, 0.15) is 18.2 Å². The molecule has 5 heteroatoms. The van der Waals surface area contributed by atoms with Crippen molar-refractivity contribution >= 4 is 23.2 Å². The van der Waals surface area contributed by atoms with Crippen LogP contribution in [0.3, 0.4) is 0 Å². The third-order valence-electron chi connectivity index (χ3n) is 2.72. The van der Waals surface area contributed by atoms with Gasteiger partial charge in [0.25, 0.3) is 5.56 Å². The molecule has 0 amide bonds. The SMILES string of the molecule is CCc1c(C)[nH]n(-c2cccc(Cl)c2Cl)c1=O. The van der Waals surface area contributed by atoms with E-state index in [2.05, 4.69) is 5.10 Å². The molecule has 3 nitrogen and oxygen atoms in total. The number of hydrogen-bond acceptors (Lipinski definition) is 1. The lowest BCUT2D eigenvalue weighted by Gasteiger charge is -2.05. The second-order valence-corrected chi connectivity index (χ2v) is 4.57. The molecule has 1 aromatic heterocycles. The summed E-state index contributed by atoms with van der Waals surface area (Å²) in [6.07, 6.45) is 0.687. The minimum Gasteiger partial charge on any atom is -0.295 e. The smallest absolute Gasteiger partial charge is 0.274 e. The van der Waals surface area contributed by atoms with Gasteiger partial charge in [0.2, 0.25) is 0 Å². The highest BCUT2D eigenvalue weighted by molar-refractivity contribution is 6.43. The van der Waals surface area contributed by atoms with Gasteiger partial charge in [-0.3, -0.25) is 9.89 Å². The van der Waals surface area contributed by atoms with Crippen LogP contribution in [-0.2, 0) is 6.42 Å². The molecule has 0 saturated carbocycles. The molecular formula is C12H12Cl2N2O. The van der Waals surface area contributed by atoms with E-state index >= 15 is 0 Å². The number of aryl methyl sites for hydroxylation is 1. The van der Waals surface area contributed by atoms with Gasteiger partial charge in [0.1, 0.15) is 0 Å². The predicted octanol–water partition coefficient (Wildman–Crippen LogP) is 3.34. The fraction of sp³-hybridized carbons (Fsp3) is 0.250. The molecule has 2 rings (SSSR count). The maximum atomic E-state index is 12.1. The van der Waals surface area contributed by atoms with E-state index in [1.807, 2.05) is 13.8 Å². The Hall–Kier alpha value is -1.19. The summed E-state index contributed by atoms with van der Waals surface area (Å²) in [5.41, 5.74) is 2.12. The molecule has 0 aliphatic rings. The van der Waals surface area contributed by atoms with Crippen LogP contribution in [0, 0.1) is 6.92 Å². The van der Waals surface area contributed by atoms with Crippen LogP contribution in [-0.4, -0.2) is 9.78 Å². The van der Waals surface area contributed by atoms with E-state index < -0.39 is 0 Å². The van der Waals surface area contributed by atoms with Crippen molar-refractivity contribution in [3.05, 3.63) is 49.9 Å². The summed E-state index contributed by atoms with van der Waals surface area (Å²) in [5.74, 6) is 0. The molecule has 0 saturated heterocycles. The molecule has 0 spiro atoms. The first-order valence-corrected chi connectivity index (χ1v) is 6.06. The van der Waals surface area contributed by atoms with Crippen molar-refractivity contribution in [2.75, 3.05) is 0 Å². The van der Waals surface area contributed by atoms with Crippen LogP contribution in [0.5, 0.6) is 0 Å². The van der Waals surface area contributed by atoms with E-state index in [9.17, 15) is 4.79 Å². The van der Waals surface area contributed by atoms with Crippen molar-refractivity contribution in [1.82, 2.24) is 9.78 Å². The highest BCUT2D eigenvalue weighted by Gasteiger charge is 2.13. The average molecular weight is 271 g/mol. The molecule has 0 aliphatic carbocycles. The zero-order chi connectivity index (χ0) is 12.6. The average Bonchev–Trinajstić information content (AvgIpc) is 2.58. The van der Waals surface area contributed by atoms with Crippen LogP contribution in [0.15, 0.2) is 23.0 Å². The Morgan fingerprint density at radius 3 is 2.65 bits per heavy atom. The minimum absolute atomic E-state index is 0.0748. The van der Waals surface area contributed by atoms with Crippen molar-refractivity contribution in [2.24, 2.45) is 0 Å². The van der Waals surface area contributed by atoms with Gasteiger partial charge >= 0.3 is 0 Å². The van der Waals surface area contributed by atoms with Gasteiger partial charge in [-0.05, 0) is 25.5 Å². The summed E-state index contributed by atoms with van der Waals surface area (Å²) in [6, 6.07) is 5.21. The van der Waals surface area contributed by atoms with Crippen LogP contribution < -0.4 is 5.56 Å². The Kier molecular flexibility index (Phi) is 3.31. The lowest BCUT2D eigenvalue weighted by atomic mass is 10.2. The third kappa shape index (κ3) is 2.01. The van der Waals surface area contributed by atoms with Gasteiger partial charge in [-0.15, -0.1) is 0 Å². The van der Waals surface area contributed by atoms with Gasteiger partial charge in [0.15, 0.2) is 0 Å². The summed E-state index contributed by atoms with van der Waals surface area (Å²) in [5, 5.41) is 3.82. The van der Waals surface area contributed by atoms with Crippen molar-refractivity contribution in [2.45, 2.75) is 20.3 Å². The highest BCUT2D eigenvalue weighted by Crippen LogP contribution is 2.27. The van der Waals surface area contributed by atoms with E-state index in [-0.39, 0.29) is 5.56 Å². The molecule has 1 N–H and O–H groups in total. The Bertz CT molecular complexity index is 613. The lowest BCUT2D eigenvalue weighted by molar-refractivity contribution is 0.834. The molecule has 0 radical (unpaired) electrons. The maximum absolute atomic E-state index is 12.1. The van der Waals surface area contributed by atoms with Crippen molar-refractivity contribution in [3.63, 3.8) is 0 Å². The molecule has 17 heavy (non-hydrogen) atoms. The molecule has 0 bridgehead atoms. The quantitative estimate of drug-likeness (QED) is 0.893. The number of aromatic nitrogens is 2. The largest absolute Gasteiger partial charge is 0.295 e. The van der Waals surface area contributed by atoms with Crippen LogP contribution in [0.4, 0.5) is 0 Å². The minimum atomic E-state index is -0.0748. The summed E-state index contributed by atoms with van der Waals surface area (Å²) >= 11 is 12.0. The number of benzene rings is 1.